The summed E-state index contributed by atoms with van der Waals surface area (Å²) in [5.74, 6) is -3.65. The Morgan fingerprint density at radius 3 is 1.96 bits per heavy atom. The number of benzene rings is 1. The molecule has 1 saturated carbocycles. The molecule has 2 aliphatic rings. The quantitative estimate of drug-likeness (QED) is 0.453. The third kappa shape index (κ3) is 6.90. The van der Waals surface area contributed by atoms with Crippen LogP contribution in [-0.4, -0.2) is 69.1 Å². The van der Waals surface area contributed by atoms with Gasteiger partial charge in [-0.1, -0.05) is 31.4 Å². The number of aliphatic carboxylic acids is 2. The highest BCUT2D eigenvalue weighted by molar-refractivity contribution is 6.27. The number of nitrogens with zero attached hydrogens (tertiary/aromatic N) is 3. The van der Waals surface area contributed by atoms with E-state index in [-0.39, 0.29) is 10.6 Å². The van der Waals surface area contributed by atoms with Crippen LogP contribution in [0.3, 0.4) is 0 Å². The van der Waals surface area contributed by atoms with Crippen molar-refractivity contribution in [3.63, 3.8) is 0 Å². The van der Waals surface area contributed by atoms with Crippen molar-refractivity contribution in [2.75, 3.05) is 26.2 Å². The molecular formula is C19H27N3O6. The zero-order chi connectivity index (χ0) is 20.5. The van der Waals surface area contributed by atoms with Crippen molar-refractivity contribution in [1.29, 1.82) is 0 Å². The standard InChI is InChI=1S/C17H25N3O2.C2H2O4/c21-20(22)17-8-6-15(7-9-17)14-18-10-12-19(13-11-18)16-4-2-1-3-5-16;3-1(4)2(5)6/h6-9,16H,1-5,10-14H2;(H,3,4)(H,5,6). The number of nitro groups is 1. The van der Waals surface area contributed by atoms with E-state index in [2.05, 4.69) is 9.80 Å². The van der Waals surface area contributed by atoms with E-state index in [1.165, 1.54) is 32.1 Å². The first-order chi connectivity index (χ1) is 13.4. The number of carboxylic acid groups (broad SMARTS) is 2. The minimum absolute atomic E-state index is 0.172. The van der Waals surface area contributed by atoms with Gasteiger partial charge in [-0.25, -0.2) is 9.59 Å². The Balaban J connectivity index is 0.000000409. The Morgan fingerprint density at radius 1 is 0.964 bits per heavy atom. The van der Waals surface area contributed by atoms with E-state index in [0.717, 1.165) is 44.3 Å². The Kier molecular flexibility index (Phi) is 8.34. The fourth-order valence-electron chi connectivity index (χ4n) is 3.71. The molecule has 1 aromatic carbocycles. The second kappa shape index (κ2) is 10.7. The van der Waals surface area contributed by atoms with Crippen LogP contribution in [0.25, 0.3) is 0 Å². The zero-order valence-corrected chi connectivity index (χ0v) is 15.8. The minimum Gasteiger partial charge on any atom is -0.473 e. The minimum atomic E-state index is -1.82. The highest BCUT2D eigenvalue weighted by Gasteiger charge is 2.25. The van der Waals surface area contributed by atoms with E-state index in [9.17, 15) is 10.1 Å². The first kappa shape index (κ1) is 21.8. The summed E-state index contributed by atoms with van der Waals surface area (Å²) >= 11 is 0. The first-order valence-electron chi connectivity index (χ1n) is 9.52. The first-order valence-corrected chi connectivity index (χ1v) is 9.52. The van der Waals surface area contributed by atoms with Crippen molar-refractivity contribution in [3.05, 3.63) is 39.9 Å². The SMILES string of the molecule is O=C(O)C(=O)O.O=[N+]([O-])c1ccc(CN2CCN(C3CCCCC3)CC2)cc1. The molecule has 0 aromatic heterocycles. The highest BCUT2D eigenvalue weighted by Crippen LogP contribution is 2.24. The van der Waals surface area contributed by atoms with Crippen molar-refractivity contribution in [2.45, 2.75) is 44.7 Å². The summed E-state index contributed by atoms with van der Waals surface area (Å²) in [5, 5.41) is 25.5. The Bertz CT molecular complexity index is 653. The highest BCUT2D eigenvalue weighted by atomic mass is 16.6. The van der Waals surface area contributed by atoms with Crippen molar-refractivity contribution in [1.82, 2.24) is 9.80 Å². The lowest BCUT2D eigenvalue weighted by atomic mass is 9.94. The van der Waals surface area contributed by atoms with E-state index >= 15 is 0 Å². The molecule has 1 heterocycles. The summed E-state index contributed by atoms with van der Waals surface area (Å²) in [6.07, 6.45) is 6.96. The molecule has 0 bridgehead atoms. The van der Waals surface area contributed by atoms with Crippen LogP contribution in [-0.2, 0) is 16.1 Å². The number of hydrogen-bond donors (Lipinski definition) is 2. The summed E-state index contributed by atoms with van der Waals surface area (Å²) in [6, 6.07) is 7.79. The van der Waals surface area contributed by atoms with Gasteiger partial charge in [0.2, 0.25) is 0 Å². The molecule has 3 rings (SSSR count). The molecule has 9 nitrogen and oxygen atoms in total. The van der Waals surface area contributed by atoms with Gasteiger partial charge in [-0.15, -0.1) is 0 Å². The van der Waals surface area contributed by atoms with Gasteiger partial charge in [0.25, 0.3) is 5.69 Å². The monoisotopic (exact) mass is 393 g/mol. The second-order valence-electron chi connectivity index (χ2n) is 7.14. The van der Waals surface area contributed by atoms with Crippen molar-refractivity contribution < 1.29 is 24.7 Å². The van der Waals surface area contributed by atoms with E-state index in [0.29, 0.717) is 0 Å². The van der Waals surface area contributed by atoms with Crippen LogP contribution in [0.4, 0.5) is 5.69 Å². The summed E-state index contributed by atoms with van der Waals surface area (Å²) in [5.41, 5.74) is 1.34. The maximum absolute atomic E-state index is 10.7. The number of piperazine rings is 1. The molecule has 1 saturated heterocycles. The Morgan fingerprint density at radius 2 is 1.50 bits per heavy atom. The number of rotatable bonds is 4. The summed E-state index contributed by atoms with van der Waals surface area (Å²) in [7, 11) is 0. The van der Waals surface area contributed by atoms with E-state index in [4.69, 9.17) is 19.8 Å². The smallest absolute Gasteiger partial charge is 0.414 e. The molecule has 0 radical (unpaired) electrons. The lowest BCUT2D eigenvalue weighted by molar-refractivity contribution is -0.384. The van der Waals surface area contributed by atoms with Crippen molar-refractivity contribution in [2.24, 2.45) is 0 Å². The van der Waals surface area contributed by atoms with Gasteiger partial charge in [-0.05, 0) is 18.4 Å². The molecule has 1 aliphatic carbocycles. The predicted molar refractivity (Wildman–Crippen MR) is 102 cm³/mol. The number of nitro benzene ring substituents is 1. The molecule has 2 fully saturated rings. The lowest BCUT2D eigenvalue weighted by Crippen LogP contribution is -2.50. The average molecular weight is 393 g/mol. The third-order valence-electron chi connectivity index (χ3n) is 5.23. The predicted octanol–water partition coefficient (Wildman–Crippen LogP) is 2.20. The molecule has 1 aromatic rings. The third-order valence-corrected chi connectivity index (χ3v) is 5.23. The summed E-state index contributed by atoms with van der Waals surface area (Å²) in [6.45, 7) is 5.44. The van der Waals surface area contributed by atoms with Crippen LogP contribution in [0.5, 0.6) is 0 Å². The van der Waals surface area contributed by atoms with Crippen molar-refractivity contribution in [3.8, 4) is 0 Å². The summed E-state index contributed by atoms with van der Waals surface area (Å²) in [4.78, 5) is 33.7. The molecule has 1 aliphatic heterocycles. The van der Waals surface area contributed by atoms with Crippen LogP contribution in [0.1, 0.15) is 37.7 Å². The summed E-state index contributed by atoms with van der Waals surface area (Å²) < 4.78 is 0. The lowest BCUT2D eigenvalue weighted by Gasteiger charge is -2.40. The van der Waals surface area contributed by atoms with Gasteiger partial charge in [0.05, 0.1) is 4.92 Å². The molecule has 28 heavy (non-hydrogen) atoms. The van der Waals surface area contributed by atoms with Crippen LogP contribution in [0.2, 0.25) is 0 Å². The Labute approximate surface area is 163 Å². The number of hydrogen-bond acceptors (Lipinski definition) is 6. The zero-order valence-electron chi connectivity index (χ0n) is 15.8. The van der Waals surface area contributed by atoms with Gasteiger partial charge in [-0.2, -0.15) is 0 Å². The maximum Gasteiger partial charge on any atom is 0.414 e. The largest absolute Gasteiger partial charge is 0.473 e. The topological polar surface area (TPSA) is 124 Å². The van der Waals surface area contributed by atoms with Gasteiger partial charge < -0.3 is 10.2 Å². The molecule has 154 valence electrons. The molecule has 0 amide bonds. The van der Waals surface area contributed by atoms with Crippen LogP contribution in [0, 0.1) is 10.1 Å². The Hall–Kier alpha value is -2.52. The molecular weight excluding hydrogens is 366 g/mol. The van der Waals surface area contributed by atoms with E-state index < -0.39 is 11.9 Å². The van der Waals surface area contributed by atoms with Gasteiger partial charge in [-0.3, -0.25) is 19.9 Å². The molecule has 9 heteroatoms. The molecule has 0 unspecified atom stereocenters. The van der Waals surface area contributed by atoms with Crippen LogP contribution in [0.15, 0.2) is 24.3 Å². The van der Waals surface area contributed by atoms with Crippen molar-refractivity contribution >= 4 is 17.6 Å². The molecule has 2 N–H and O–H groups in total. The average Bonchev–Trinajstić information content (AvgIpc) is 2.70. The van der Waals surface area contributed by atoms with Gasteiger partial charge in [0, 0.05) is 50.9 Å². The normalized spacial score (nSPS) is 18.7. The van der Waals surface area contributed by atoms with Crippen LogP contribution >= 0.6 is 0 Å². The number of carbonyl (C=O) groups is 2. The van der Waals surface area contributed by atoms with E-state index in [1.54, 1.807) is 12.1 Å². The van der Waals surface area contributed by atoms with Gasteiger partial charge in [0.15, 0.2) is 0 Å². The van der Waals surface area contributed by atoms with Gasteiger partial charge in [0.1, 0.15) is 0 Å². The van der Waals surface area contributed by atoms with Crippen LogP contribution < -0.4 is 0 Å². The van der Waals surface area contributed by atoms with E-state index in [1.807, 2.05) is 12.1 Å². The fourth-order valence-corrected chi connectivity index (χ4v) is 3.71. The fraction of sp³-hybridized carbons (Fsp3) is 0.579. The number of non-ortho nitro benzene ring substituents is 1. The molecule has 0 spiro atoms. The molecule has 0 atom stereocenters. The maximum atomic E-state index is 10.7. The van der Waals surface area contributed by atoms with Gasteiger partial charge >= 0.3 is 11.9 Å². The number of carboxylic acids is 2. The second-order valence-corrected chi connectivity index (χ2v) is 7.14.